The van der Waals surface area contributed by atoms with Crippen molar-refractivity contribution in [3.63, 3.8) is 0 Å². The topological polar surface area (TPSA) is 21.6 Å². The van der Waals surface area contributed by atoms with Crippen molar-refractivity contribution in [3.05, 3.63) is 0 Å². The Bertz CT molecular complexity index is 271. The van der Waals surface area contributed by atoms with Gasteiger partial charge < -0.3 is 4.74 Å². The van der Waals surface area contributed by atoms with Crippen LogP contribution >= 0.6 is 27.5 Å². The van der Waals surface area contributed by atoms with Gasteiger partial charge in [0.25, 0.3) is 5.85 Å². The van der Waals surface area contributed by atoms with Gasteiger partial charge in [-0.15, -0.1) is 11.6 Å². The smallest absolute Gasteiger partial charge is 0.252 e. The Labute approximate surface area is 101 Å². The van der Waals surface area contributed by atoms with Crippen LogP contribution in [-0.4, -0.2) is 36.2 Å². The summed E-state index contributed by atoms with van der Waals surface area (Å²) < 4.78 is 32.8. The van der Waals surface area contributed by atoms with E-state index in [4.69, 9.17) is 16.3 Å². The molecule has 88 valence electrons. The Morgan fingerprint density at radius 1 is 1.60 bits per heavy atom. The van der Waals surface area contributed by atoms with Crippen LogP contribution in [-0.2, 0) is 4.74 Å². The average molecular weight is 305 g/mol. The molecule has 0 aromatic carbocycles. The zero-order valence-electron chi connectivity index (χ0n) is 8.57. The Balaban J connectivity index is 3.16. The maximum Gasteiger partial charge on any atom is 0.252 e. The summed E-state index contributed by atoms with van der Waals surface area (Å²) in [6.45, 7) is 1.29. The number of nitrogens with zero attached hydrogens (tertiary/aromatic N) is 1. The fourth-order valence-electron chi connectivity index (χ4n) is 1.72. The zero-order chi connectivity index (χ0) is 11.7. The molecule has 0 aliphatic carbocycles. The van der Waals surface area contributed by atoms with Crippen LogP contribution in [0.3, 0.4) is 0 Å². The highest BCUT2D eigenvalue weighted by molar-refractivity contribution is 9.09. The molecule has 1 aliphatic heterocycles. The fraction of sp³-hybridized carbons (Fsp3) is 0.889. The minimum atomic E-state index is -2.12. The minimum Gasteiger partial charge on any atom is -0.344 e. The van der Waals surface area contributed by atoms with Crippen molar-refractivity contribution < 1.29 is 13.5 Å². The number of methoxy groups -OCH3 is 1. The molecule has 0 radical (unpaired) electrons. The van der Waals surface area contributed by atoms with E-state index in [9.17, 15) is 8.78 Å². The van der Waals surface area contributed by atoms with Gasteiger partial charge >= 0.3 is 0 Å². The molecule has 2 nitrogen and oxygen atoms in total. The summed E-state index contributed by atoms with van der Waals surface area (Å²) >= 11 is 8.91. The predicted octanol–water partition coefficient (Wildman–Crippen LogP) is 3.08. The molecule has 1 aliphatic rings. The second kappa shape index (κ2) is 4.26. The van der Waals surface area contributed by atoms with Crippen LogP contribution in [0.5, 0.6) is 0 Å². The molecule has 0 spiro atoms. The molecule has 0 fully saturated rings. The van der Waals surface area contributed by atoms with E-state index in [0.29, 0.717) is 0 Å². The van der Waals surface area contributed by atoms with E-state index < -0.39 is 17.1 Å². The first-order valence-corrected chi connectivity index (χ1v) is 6.12. The average Bonchev–Trinajstić information content (AvgIpc) is 2.22. The molecule has 0 bridgehead atoms. The van der Waals surface area contributed by atoms with Crippen LogP contribution in [0, 0.1) is 5.41 Å². The Morgan fingerprint density at radius 2 is 2.20 bits per heavy atom. The van der Waals surface area contributed by atoms with Crippen molar-refractivity contribution in [2.24, 2.45) is 10.4 Å². The molecule has 0 aromatic heterocycles. The summed E-state index contributed by atoms with van der Waals surface area (Å²) in [6, 6.07) is 0. The summed E-state index contributed by atoms with van der Waals surface area (Å²) in [5.74, 6) is -3.96. The summed E-state index contributed by atoms with van der Waals surface area (Å²) in [4.78, 5) is 3.51. The van der Waals surface area contributed by atoms with Crippen molar-refractivity contribution in [2.75, 3.05) is 18.3 Å². The van der Waals surface area contributed by atoms with Crippen molar-refractivity contribution >= 4 is 33.7 Å². The lowest BCUT2D eigenvalue weighted by Gasteiger charge is -2.45. The highest BCUT2D eigenvalue weighted by Gasteiger charge is 2.57. The number of rotatable bonds is 3. The largest absolute Gasteiger partial charge is 0.344 e. The Morgan fingerprint density at radius 3 is 2.60 bits per heavy atom. The standard InChI is InChI=1S/C9H13BrClF2NO/c1-7(12)3-8(4-10,5-11)9(13,15-2)6-14-7/h6H,3-5H2,1-2H3. The van der Waals surface area contributed by atoms with Gasteiger partial charge in [-0.05, 0) is 6.92 Å². The fourth-order valence-corrected chi connectivity index (χ4v) is 3.10. The zero-order valence-corrected chi connectivity index (χ0v) is 10.9. The normalized spacial score (nSPS) is 45.7. The molecule has 3 atom stereocenters. The minimum absolute atomic E-state index is 0.0475. The van der Waals surface area contributed by atoms with E-state index in [1.165, 1.54) is 14.0 Å². The molecular formula is C9H13BrClF2NO. The van der Waals surface area contributed by atoms with E-state index in [1.54, 1.807) is 0 Å². The second-order valence-corrected chi connectivity index (χ2v) is 4.80. The van der Waals surface area contributed by atoms with Gasteiger partial charge in [0.2, 0.25) is 0 Å². The molecule has 6 heteroatoms. The van der Waals surface area contributed by atoms with Gasteiger partial charge in [-0.2, -0.15) is 0 Å². The van der Waals surface area contributed by atoms with Crippen molar-refractivity contribution in [1.82, 2.24) is 0 Å². The molecule has 0 aromatic rings. The highest BCUT2D eigenvalue weighted by atomic mass is 79.9. The molecule has 0 amide bonds. The van der Waals surface area contributed by atoms with E-state index in [2.05, 4.69) is 20.9 Å². The van der Waals surface area contributed by atoms with Gasteiger partial charge in [0, 0.05) is 24.7 Å². The van der Waals surface area contributed by atoms with Gasteiger partial charge in [0.1, 0.15) is 0 Å². The first-order chi connectivity index (χ1) is 6.85. The Hall–Kier alpha value is 0.260. The monoisotopic (exact) mass is 303 g/mol. The molecule has 0 N–H and O–H groups in total. The number of aliphatic imine (C=N–C) groups is 1. The van der Waals surface area contributed by atoms with Crippen molar-refractivity contribution in [2.45, 2.75) is 25.0 Å². The molecule has 15 heavy (non-hydrogen) atoms. The third-order valence-electron chi connectivity index (χ3n) is 2.69. The van der Waals surface area contributed by atoms with E-state index in [1.807, 2.05) is 0 Å². The maximum absolute atomic E-state index is 14.3. The summed E-state index contributed by atoms with van der Waals surface area (Å²) in [7, 11) is 1.22. The number of ether oxygens (including phenoxy) is 1. The lowest BCUT2D eigenvalue weighted by atomic mass is 9.76. The van der Waals surface area contributed by atoms with Gasteiger partial charge in [-0.3, -0.25) is 4.99 Å². The highest BCUT2D eigenvalue weighted by Crippen LogP contribution is 2.48. The van der Waals surface area contributed by atoms with Crippen molar-refractivity contribution in [1.29, 1.82) is 0 Å². The lowest BCUT2D eigenvalue weighted by molar-refractivity contribution is -0.155. The maximum atomic E-state index is 14.3. The summed E-state index contributed by atoms with van der Waals surface area (Å²) in [6.07, 6.45) is 0.760. The molecule has 0 saturated heterocycles. The third kappa shape index (κ3) is 2.19. The number of alkyl halides is 4. The van der Waals surface area contributed by atoms with Crippen LogP contribution in [0.25, 0.3) is 0 Å². The van der Waals surface area contributed by atoms with Gasteiger partial charge in [-0.25, -0.2) is 8.78 Å². The van der Waals surface area contributed by atoms with Crippen LogP contribution in [0.15, 0.2) is 4.99 Å². The quantitative estimate of drug-likeness (QED) is 0.580. The first kappa shape index (κ1) is 13.3. The van der Waals surface area contributed by atoms with Crippen LogP contribution in [0.2, 0.25) is 0 Å². The molecule has 1 heterocycles. The molecular weight excluding hydrogens is 291 g/mol. The molecule has 1 rings (SSSR count). The van der Waals surface area contributed by atoms with Crippen LogP contribution in [0.1, 0.15) is 13.3 Å². The lowest BCUT2D eigenvalue weighted by Crippen LogP contribution is -2.56. The number of halogens is 4. The van der Waals surface area contributed by atoms with E-state index >= 15 is 0 Å². The SMILES string of the molecule is COC1(F)C=NC(C)(F)CC1(CCl)CBr. The number of hydrogen-bond acceptors (Lipinski definition) is 2. The van der Waals surface area contributed by atoms with Crippen LogP contribution in [0.4, 0.5) is 8.78 Å². The van der Waals surface area contributed by atoms with Crippen LogP contribution < -0.4 is 0 Å². The number of hydrogen-bond donors (Lipinski definition) is 0. The first-order valence-electron chi connectivity index (χ1n) is 4.46. The summed E-state index contributed by atoms with van der Waals surface area (Å²) in [5.41, 5.74) is -1.13. The van der Waals surface area contributed by atoms with E-state index in [0.717, 1.165) is 6.21 Å². The second-order valence-electron chi connectivity index (χ2n) is 3.97. The predicted molar refractivity (Wildman–Crippen MR) is 60.4 cm³/mol. The van der Waals surface area contributed by atoms with E-state index in [-0.39, 0.29) is 17.6 Å². The van der Waals surface area contributed by atoms with Gasteiger partial charge in [0.05, 0.1) is 11.6 Å². The third-order valence-corrected chi connectivity index (χ3v) is 4.28. The van der Waals surface area contributed by atoms with Gasteiger partial charge in [0.15, 0.2) is 5.79 Å². The van der Waals surface area contributed by atoms with Crippen molar-refractivity contribution in [3.8, 4) is 0 Å². The van der Waals surface area contributed by atoms with Gasteiger partial charge in [-0.1, -0.05) is 15.9 Å². The summed E-state index contributed by atoms with van der Waals surface area (Å²) in [5, 5.41) is 0.208. The Kier molecular flexibility index (Phi) is 3.78. The molecule has 0 saturated carbocycles. The molecule has 3 unspecified atom stereocenters.